The number of halogens is 4. The summed E-state index contributed by atoms with van der Waals surface area (Å²) >= 11 is 0.377. The maximum atomic E-state index is 13.7. The van der Waals surface area contributed by atoms with E-state index in [1.807, 2.05) is 0 Å². The Morgan fingerprint density at radius 1 is 1.09 bits per heavy atom. The van der Waals surface area contributed by atoms with Crippen molar-refractivity contribution in [1.29, 1.82) is 0 Å². The van der Waals surface area contributed by atoms with Crippen molar-refractivity contribution in [2.45, 2.75) is 23.6 Å². The molecule has 122 valence electrons. The highest BCUT2D eigenvalue weighted by Crippen LogP contribution is 2.25. The smallest absolute Gasteiger partial charge is 0.288 e. The summed E-state index contributed by atoms with van der Waals surface area (Å²) in [6.45, 7) is 1.52. The summed E-state index contributed by atoms with van der Waals surface area (Å²) in [5.74, 6) is -4.26. The lowest BCUT2D eigenvalue weighted by molar-refractivity contribution is 0.0939. The molecule has 0 bridgehead atoms. The molecule has 0 heterocycles. The lowest BCUT2D eigenvalue weighted by Crippen LogP contribution is -2.27. The van der Waals surface area contributed by atoms with E-state index in [4.69, 9.17) is 0 Å². The molecule has 1 unspecified atom stereocenters. The Bertz CT molecular complexity index is 691. The highest BCUT2D eigenvalue weighted by Gasteiger charge is 2.16. The van der Waals surface area contributed by atoms with E-state index in [1.165, 1.54) is 31.2 Å². The minimum atomic E-state index is -2.54. The normalized spacial score (nSPS) is 12.3. The molecule has 0 saturated carbocycles. The summed E-state index contributed by atoms with van der Waals surface area (Å²) in [4.78, 5) is 12.4. The average molecular weight is 343 g/mol. The second-order valence-electron chi connectivity index (χ2n) is 4.76. The van der Waals surface area contributed by atoms with Gasteiger partial charge in [-0.05, 0) is 49.4 Å². The van der Waals surface area contributed by atoms with Crippen molar-refractivity contribution in [2.75, 3.05) is 0 Å². The van der Waals surface area contributed by atoms with Crippen LogP contribution in [-0.4, -0.2) is 11.7 Å². The SMILES string of the molecule is CC(NC(=O)c1ccc(SC(F)F)cc1)c1cc(F)ccc1F. The van der Waals surface area contributed by atoms with Gasteiger partial charge in [-0.15, -0.1) is 0 Å². The van der Waals surface area contributed by atoms with E-state index in [0.29, 0.717) is 16.7 Å². The molecule has 0 aliphatic carbocycles. The van der Waals surface area contributed by atoms with E-state index in [-0.39, 0.29) is 11.1 Å². The topological polar surface area (TPSA) is 29.1 Å². The van der Waals surface area contributed by atoms with Crippen molar-refractivity contribution in [3.8, 4) is 0 Å². The van der Waals surface area contributed by atoms with E-state index < -0.39 is 29.3 Å². The summed E-state index contributed by atoms with van der Waals surface area (Å²) in [5.41, 5.74) is 0.274. The lowest BCUT2D eigenvalue weighted by atomic mass is 10.1. The molecule has 0 saturated heterocycles. The van der Waals surface area contributed by atoms with Gasteiger partial charge >= 0.3 is 0 Å². The van der Waals surface area contributed by atoms with Crippen LogP contribution in [-0.2, 0) is 0 Å². The average Bonchev–Trinajstić information content (AvgIpc) is 2.49. The third-order valence-corrected chi connectivity index (χ3v) is 3.84. The van der Waals surface area contributed by atoms with Crippen molar-refractivity contribution >= 4 is 17.7 Å². The molecule has 7 heteroatoms. The molecule has 1 amide bonds. The molecule has 23 heavy (non-hydrogen) atoms. The quantitative estimate of drug-likeness (QED) is 0.626. The number of alkyl halides is 2. The Balaban J connectivity index is 2.07. The third-order valence-electron chi connectivity index (χ3n) is 3.11. The zero-order chi connectivity index (χ0) is 17.0. The first-order chi connectivity index (χ1) is 10.9. The van der Waals surface area contributed by atoms with Gasteiger partial charge in [0.2, 0.25) is 0 Å². The fraction of sp³-hybridized carbons (Fsp3) is 0.188. The van der Waals surface area contributed by atoms with Gasteiger partial charge in [0.15, 0.2) is 0 Å². The third kappa shape index (κ3) is 4.72. The molecular weight excluding hydrogens is 330 g/mol. The zero-order valence-electron chi connectivity index (χ0n) is 12.0. The van der Waals surface area contributed by atoms with Crippen LogP contribution in [0.2, 0.25) is 0 Å². The van der Waals surface area contributed by atoms with Crippen LogP contribution in [0.25, 0.3) is 0 Å². The van der Waals surface area contributed by atoms with Crippen molar-refractivity contribution < 1.29 is 22.4 Å². The highest BCUT2D eigenvalue weighted by atomic mass is 32.2. The van der Waals surface area contributed by atoms with Crippen molar-refractivity contribution in [3.05, 3.63) is 65.2 Å². The number of nitrogens with one attached hydrogen (secondary N) is 1. The number of thioether (sulfide) groups is 1. The Kier molecular flexibility index (Phi) is 5.65. The summed E-state index contributed by atoms with van der Waals surface area (Å²) < 4.78 is 51.3. The number of amides is 1. The van der Waals surface area contributed by atoms with Crippen LogP contribution in [0.1, 0.15) is 28.9 Å². The standard InChI is InChI=1S/C16H13F4NOS/c1-9(13-8-11(17)4-7-14(13)18)21-15(22)10-2-5-12(6-3-10)23-16(19)20/h2-9,16H,1H3,(H,21,22). The molecule has 0 aliphatic heterocycles. The van der Waals surface area contributed by atoms with E-state index in [0.717, 1.165) is 18.2 Å². The predicted molar refractivity (Wildman–Crippen MR) is 80.5 cm³/mol. The molecule has 0 aliphatic rings. The number of benzene rings is 2. The number of rotatable bonds is 5. The van der Waals surface area contributed by atoms with E-state index in [1.54, 1.807) is 0 Å². The van der Waals surface area contributed by atoms with Gasteiger partial charge in [0.25, 0.3) is 11.7 Å². The summed E-state index contributed by atoms with van der Waals surface area (Å²) in [6.07, 6.45) is 0. The molecule has 2 aromatic rings. The van der Waals surface area contributed by atoms with Gasteiger partial charge in [0, 0.05) is 16.0 Å². The number of hydrogen-bond acceptors (Lipinski definition) is 2. The zero-order valence-corrected chi connectivity index (χ0v) is 12.8. The minimum absolute atomic E-state index is 0.0308. The second kappa shape index (κ2) is 7.50. The molecule has 0 radical (unpaired) electrons. The van der Waals surface area contributed by atoms with Crippen molar-refractivity contribution in [2.24, 2.45) is 0 Å². The van der Waals surface area contributed by atoms with Gasteiger partial charge < -0.3 is 5.32 Å². The molecule has 2 aromatic carbocycles. The van der Waals surface area contributed by atoms with Gasteiger partial charge in [-0.1, -0.05) is 11.8 Å². The first-order valence-corrected chi connectivity index (χ1v) is 7.55. The molecule has 1 atom stereocenters. The first-order valence-electron chi connectivity index (χ1n) is 6.67. The maximum absolute atomic E-state index is 13.7. The van der Waals surface area contributed by atoms with Gasteiger partial charge in [-0.2, -0.15) is 8.78 Å². The maximum Gasteiger partial charge on any atom is 0.288 e. The first kappa shape index (κ1) is 17.3. The van der Waals surface area contributed by atoms with E-state index in [2.05, 4.69) is 5.32 Å². The molecule has 2 nitrogen and oxygen atoms in total. The van der Waals surface area contributed by atoms with Crippen LogP contribution in [0.4, 0.5) is 17.6 Å². The Hall–Kier alpha value is -2.02. The summed E-state index contributed by atoms with van der Waals surface area (Å²) in [5, 5.41) is 2.54. The molecular formula is C16H13F4NOS. The van der Waals surface area contributed by atoms with Crippen molar-refractivity contribution in [3.63, 3.8) is 0 Å². The monoisotopic (exact) mass is 343 g/mol. The van der Waals surface area contributed by atoms with Gasteiger partial charge in [0.1, 0.15) is 11.6 Å². The van der Waals surface area contributed by atoms with Crippen molar-refractivity contribution in [1.82, 2.24) is 5.32 Å². The molecule has 1 N–H and O–H groups in total. The van der Waals surface area contributed by atoms with Crippen LogP contribution >= 0.6 is 11.8 Å². The lowest BCUT2D eigenvalue weighted by Gasteiger charge is -2.15. The molecule has 0 aromatic heterocycles. The predicted octanol–water partition coefficient (Wildman–Crippen LogP) is 4.77. The van der Waals surface area contributed by atoms with Gasteiger partial charge in [0.05, 0.1) is 6.04 Å². The molecule has 2 rings (SSSR count). The van der Waals surface area contributed by atoms with Crippen LogP contribution < -0.4 is 5.32 Å². The highest BCUT2D eigenvalue weighted by molar-refractivity contribution is 7.99. The largest absolute Gasteiger partial charge is 0.345 e. The van der Waals surface area contributed by atoms with Crippen LogP contribution in [0.15, 0.2) is 47.4 Å². The van der Waals surface area contributed by atoms with Gasteiger partial charge in [-0.25, -0.2) is 8.78 Å². The fourth-order valence-corrected chi connectivity index (χ4v) is 2.49. The van der Waals surface area contributed by atoms with Crippen LogP contribution in [0, 0.1) is 11.6 Å². The molecule has 0 spiro atoms. The van der Waals surface area contributed by atoms with E-state index in [9.17, 15) is 22.4 Å². The molecule has 0 fully saturated rings. The summed E-state index contributed by atoms with van der Waals surface area (Å²) in [6, 6.07) is 7.86. The Morgan fingerprint density at radius 2 is 1.74 bits per heavy atom. The van der Waals surface area contributed by atoms with Crippen LogP contribution in [0.5, 0.6) is 0 Å². The Labute approximate surface area is 134 Å². The minimum Gasteiger partial charge on any atom is -0.345 e. The number of carbonyl (C=O) groups excluding carboxylic acids is 1. The number of hydrogen-bond donors (Lipinski definition) is 1. The van der Waals surface area contributed by atoms with Gasteiger partial charge in [-0.3, -0.25) is 4.79 Å². The summed E-state index contributed by atoms with van der Waals surface area (Å²) in [7, 11) is 0. The Morgan fingerprint density at radius 3 is 2.35 bits per heavy atom. The fourth-order valence-electron chi connectivity index (χ4n) is 1.99. The van der Waals surface area contributed by atoms with Crippen LogP contribution in [0.3, 0.4) is 0 Å². The number of carbonyl (C=O) groups is 1. The van der Waals surface area contributed by atoms with E-state index >= 15 is 0 Å². The second-order valence-corrected chi connectivity index (χ2v) is 5.83.